The van der Waals surface area contributed by atoms with E-state index in [0.717, 1.165) is 47.2 Å². The van der Waals surface area contributed by atoms with Crippen molar-refractivity contribution in [2.75, 3.05) is 5.32 Å². The van der Waals surface area contributed by atoms with Gasteiger partial charge in [-0.1, -0.05) is 54.6 Å². The van der Waals surface area contributed by atoms with Crippen LogP contribution in [0.2, 0.25) is 0 Å². The minimum absolute atomic E-state index is 0.191. The van der Waals surface area contributed by atoms with Crippen molar-refractivity contribution >= 4 is 17.7 Å². The van der Waals surface area contributed by atoms with Crippen molar-refractivity contribution in [1.82, 2.24) is 10.3 Å². The SMILES string of the molecule is CC1Oc2nc(-c3ccc(C4(NC(=O)OC(C)(C)C)CCC4)cc3)c(-c3ccccc3)cc2NC1=O. The Balaban J connectivity index is 1.50. The standard InChI is InChI=1S/C29H31N3O4/c1-18-25(33)30-23-17-22(19-9-6-5-7-10-19)24(31-26(23)35-18)20-11-13-21(14-12-20)29(15-8-16-29)32-27(34)36-28(2,3)4/h5-7,9-14,17-18H,8,15-16H2,1-4H3,(H,30,33)(H,32,34). The number of hydrogen-bond acceptors (Lipinski definition) is 5. The molecular formula is C29H31N3O4. The van der Waals surface area contributed by atoms with Gasteiger partial charge in [-0.05, 0) is 64.2 Å². The summed E-state index contributed by atoms with van der Waals surface area (Å²) in [5, 5.41) is 6.01. The van der Waals surface area contributed by atoms with Crippen molar-refractivity contribution in [2.45, 2.75) is 64.2 Å². The van der Waals surface area contributed by atoms with E-state index in [0.29, 0.717) is 11.6 Å². The molecule has 0 spiro atoms. The van der Waals surface area contributed by atoms with Crippen LogP contribution in [-0.4, -0.2) is 28.7 Å². The normalized spacial score (nSPS) is 18.2. The number of fused-ring (bicyclic) bond motifs is 1. The third kappa shape index (κ3) is 4.65. The minimum atomic E-state index is -0.611. The molecule has 2 heterocycles. The number of anilines is 1. The van der Waals surface area contributed by atoms with Crippen LogP contribution in [0.4, 0.5) is 10.5 Å². The van der Waals surface area contributed by atoms with E-state index in [2.05, 4.69) is 10.6 Å². The van der Waals surface area contributed by atoms with Crippen LogP contribution in [0.5, 0.6) is 5.88 Å². The van der Waals surface area contributed by atoms with Crippen molar-refractivity contribution in [2.24, 2.45) is 0 Å². The first-order valence-corrected chi connectivity index (χ1v) is 12.3. The van der Waals surface area contributed by atoms with Gasteiger partial charge in [0.05, 0.1) is 11.2 Å². The van der Waals surface area contributed by atoms with Crippen molar-refractivity contribution in [3.63, 3.8) is 0 Å². The van der Waals surface area contributed by atoms with E-state index >= 15 is 0 Å². The predicted octanol–water partition coefficient (Wildman–Crippen LogP) is 6.04. The summed E-state index contributed by atoms with van der Waals surface area (Å²) in [6, 6.07) is 20.0. The number of amides is 2. The second-order valence-corrected chi connectivity index (χ2v) is 10.5. The number of aromatic nitrogens is 1. The summed E-state index contributed by atoms with van der Waals surface area (Å²) in [5.74, 6) is 0.214. The van der Waals surface area contributed by atoms with Crippen molar-refractivity contribution in [1.29, 1.82) is 0 Å². The molecule has 7 nitrogen and oxygen atoms in total. The van der Waals surface area contributed by atoms with Gasteiger partial charge in [-0.3, -0.25) is 4.79 Å². The molecule has 2 N–H and O–H groups in total. The molecule has 3 aromatic rings. The van der Waals surface area contributed by atoms with Gasteiger partial charge in [0, 0.05) is 11.1 Å². The first kappa shape index (κ1) is 23.9. The first-order valence-electron chi connectivity index (χ1n) is 12.3. The van der Waals surface area contributed by atoms with Gasteiger partial charge in [-0.2, -0.15) is 0 Å². The number of alkyl carbamates (subject to hydrolysis) is 1. The van der Waals surface area contributed by atoms with Crippen molar-refractivity contribution < 1.29 is 19.1 Å². The van der Waals surface area contributed by atoms with E-state index in [1.54, 1.807) is 6.92 Å². The highest BCUT2D eigenvalue weighted by Crippen LogP contribution is 2.43. The molecule has 1 atom stereocenters. The van der Waals surface area contributed by atoms with E-state index in [4.69, 9.17) is 14.5 Å². The third-order valence-corrected chi connectivity index (χ3v) is 6.65. The Hall–Kier alpha value is -3.87. The van der Waals surface area contributed by atoms with Gasteiger partial charge in [-0.15, -0.1) is 0 Å². The first-order chi connectivity index (χ1) is 17.1. The number of ether oxygens (including phenoxy) is 2. The largest absolute Gasteiger partial charge is 0.463 e. The zero-order chi connectivity index (χ0) is 25.5. The number of carbonyl (C=O) groups is 2. The molecule has 1 aliphatic heterocycles. The highest BCUT2D eigenvalue weighted by Gasteiger charge is 2.41. The molecule has 0 bridgehead atoms. The average Bonchev–Trinajstić information content (AvgIpc) is 2.81. The molecule has 0 radical (unpaired) electrons. The van der Waals surface area contributed by atoms with Crippen LogP contribution < -0.4 is 15.4 Å². The third-order valence-electron chi connectivity index (χ3n) is 6.65. The quantitative estimate of drug-likeness (QED) is 0.470. The topological polar surface area (TPSA) is 89.6 Å². The summed E-state index contributed by atoms with van der Waals surface area (Å²) in [6.45, 7) is 7.29. The lowest BCUT2D eigenvalue weighted by Gasteiger charge is -2.43. The Morgan fingerprint density at radius 1 is 1.08 bits per heavy atom. The van der Waals surface area contributed by atoms with Crippen molar-refractivity contribution in [3.8, 4) is 28.3 Å². The van der Waals surface area contributed by atoms with Gasteiger partial charge in [-0.25, -0.2) is 9.78 Å². The summed E-state index contributed by atoms with van der Waals surface area (Å²) in [4.78, 5) is 29.5. The molecule has 1 aromatic heterocycles. The summed E-state index contributed by atoms with van der Waals surface area (Å²) in [5.41, 5.74) is 4.19. The molecule has 1 fully saturated rings. The Labute approximate surface area is 211 Å². The van der Waals surface area contributed by atoms with E-state index in [9.17, 15) is 9.59 Å². The molecule has 1 unspecified atom stereocenters. The summed E-state index contributed by atoms with van der Waals surface area (Å²) in [6.07, 6.45) is 1.76. The molecule has 186 valence electrons. The molecule has 5 rings (SSSR count). The van der Waals surface area contributed by atoms with E-state index < -0.39 is 23.3 Å². The second kappa shape index (κ2) is 8.97. The molecule has 36 heavy (non-hydrogen) atoms. The number of pyridine rings is 1. The lowest BCUT2D eigenvalue weighted by atomic mass is 9.71. The van der Waals surface area contributed by atoms with Crippen LogP contribution in [0.25, 0.3) is 22.4 Å². The predicted molar refractivity (Wildman–Crippen MR) is 139 cm³/mol. The smallest absolute Gasteiger partial charge is 0.408 e. The molecule has 2 aromatic carbocycles. The Morgan fingerprint density at radius 3 is 2.39 bits per heavy atom. The maximum Gasteiger partial charge on any atom is 0.408 e. The number of rotatable bonds is 4. The van der Waals surface area contributed by atoms with E-state index in [1.165, 1.54) is 0 Å². The lowest BCUT2D eigenvalue weighted by Crippen LogP contribution is -2.52. The Morgan fingerprint density at radius 2 is 1.78 bits per heavy atom. The minimum Gasteiger partial charge on any atom is -0.463 e. The van der Waals surface area contributed by atoms with Crippen LogP contribution in [0, 0.1) is 0 Å². The highest BCUT2D eigenvalue weighted by atomic mass is 16.6. The average molecular weight is 486 g/mol. The van der Waals surface area contributed by atoms with Crippen molar-refractivity contribution in [3.05, 3.63) is 66.2 Å². The van der Waals surface area contributed by atoms with Gasteiger partial charge in [0.2, 0.25) is 5.88 Å². The van der Waals surface area contributed by atoms with Crippen LogP contribution in [0.15, 0.2) is 60.7 Å². The number of hydrogen-bond donors (Lipinski definition) is 2. The highest BCUT2D eigenvalue weighted by molar-refractivity contribution is 5.99. The fourth-order valence-corrected chi connectivity index (χ4v) is 4.65. The number of carbonyl (C=O) groups excluding carboxylic acids is 2. The number of benzene rings is 2. The van der Waals surface area contributed by atoms with E-state index in [-0.39, 0.29) is 5.91 Å². The molecule has 1 aliphatic carbocycles. The van der Waals surface area contributed by atoms with Crippen LogP contribution in [-0.2, 0) is 15.1 Å². The molecule has 2 amide bonds. The van der Waals surface area contributed by atoms with Crippen LogP contribution in [0.3, 0.4) is 0 Å². The van der Waals surface area contributed by atoms with E-state index in [1.807, 2.05) is 81.4 Å². The second-order valence-electron chi connectivity index (χ2n) is 10.5. The zero-order valence-corrected chi connectivity index (χ0v) is 21.1. The molecule has 7 heteroatoms. The molecular weight excluding hydrogens is 454 g/mol. The number of nitrogens with zero attached hydrogens (tertiary/aromatic N) is 1. The number of nitrogens with one attached hydrogen (secondary N) is 2. The monoisotopic (exact) mass is 485 g/mol. The van der Waals surface area contributed by atoms with Crippen LogP contribution in [0.1, 0.15) is 52.5 Å². The zero-order valence-electron chi connectivity index (χ0n) is 21.1. The van der Waals surface area contributed by atoms with Gasteiger partial charge in [0.1, 0.15) is 11.3 Å². The summed E-state index contributed by atoms with van der Waals surface area (Å²) in [7, 11) is 0. The maximum atomic E-state index is 12.5. The van der Waals surface area contributed by atoms with Gasteiger partial charge >= 0.3 is 6.09 Å². The molecule has 2 aliphatic rings. The van der Waals surface area contributed by atoms with Gasteiger partial charge < -0.3 is 20.1 Å². The summed E-state index contributed by atoms with van der Waals surface area (Å²) >= 11 is 0. The lowest BCUT2D eigenvalue weighted by molar-refractivity contribution is -0.122. The fraction of sp³-hybridized carbons (Fsp3) is 0.345. The Kier molecular flexibility index (Phi) is 5.94. The van der Waals surface area contributed by atoms with Gasteiger partial charge in [0.25, 0.3) is 5.91 Å². The van der Waals surface area contributed by atoms with Gasteiger partial charge in [0.15, 0.2) is 6.10 Å². The van der Waals surface area contributed by atoms with Crippen LogP contribution >= 0.6 is 0 Å². The molecule has 1 saturated carbocycles. The summed E-state index contributed by atoms with van der Waals surface area (Å²) < 4.78 is 11.3. The molecule has 0 saturated heterocycles. The fourth-order valence-electron chi connectivity index (χ4n) is 4.65. The Bertz CT molecular complexity index is 1290. The maximum absolute atomic E-state index is 12.5.